The molecule has 3 heteroatoms. The van der Waals surface area contributed by atoms with Crippen LogP contribution in [0.2, 0.25) is 0 Å². The number of nitrogens with one attached hydrogen (secondary N) is 1. The normalized spacial score (nSPS) is 10.5. The molecule has 0 saturated carbocycles. The van der Waals surface area contributed by atoms with Gasteiger partial charge in [0.1, 0.15) is 0 Å². The summed E-state index contributed by atoms with van der Waals surface area (Å²) < 4.78 is 0. The Morgan fingerprint density at radius 3 is 3.00 bits per heavy atom. The predicted octanol–water partition coefficient (Wildman–Crippen LogP) is 3.02. The fourth-order valence-corrected chi connectivity index (χ4v) is 1.57. The molecule has 0 atom stereocenters. The van der Waals surface area contributed by atoms with Gasteiger partial charge in [-0.3, -0.25) is 4.79 Å². The summed E-state index contributed by atoms with van der Waals surface area (Å²) >= 11 is 1.32. The molecule has 0 saturated heterocycles. The summed E-state index contributed by atoms with van der Waals surface area (Å²) in [7, 11) is 1.90. The average molecular weight is 221 g/mol. The highest BCUT2D eigenvalue weighted by molar-refractivity contribution is 8.13. The van der Waals surface area contributed by atoms with Crippen molar-refractivity contribution in [2.75, 3.05) is 18.1 Å². The summed E-state index contributed by atoms with van der Waals surface area (Å²) in [5, 5.41) is 3.24. The van der Waals surface area contributed by atoms with Crippen LogP contribution in [0.5, 0.6) is 0 Å². The lowest BCUT2D eigenvalue weighted by Gasteiger charge is -2.00. The SMILES string of the molecule is CNc1cccc(C=CCSC(C)=O)c1. The lowest BCUT2D eigenvalue weighted by molar-refractivity contribution is -0.109. The molecule has 0 amide bonds. The molecule has 0 fully saturated rings. The highest BCUT2D eigenvalue weighted by Gasteiger charge is 1.91. The maximum atomic E-state index is 10.7. The summed E-state index contributed by atoms with van der Waals surface area (Å²) in [5.41, 5.74) is 2.24. The van der Waals surface area contributed by atoms with Crippen LogP contribution in [0.25, 0.3) is 6.08 Å². The molecular formula is C12H15NOS. The van der Waals surface area contributed by atoms with E-state index in [1.165, 1.54) is 11.8 Å². The van der Waals surface area contributed by atoms with E-state index in [4.69, 9.17) is 0 Å². The van der Waals surface area contributed by atoms with Crippen LogP contribution in [0.3, 0.4) is 0 Å². The quantitative estimate of drug-likeness (QED) is 0.847. The van der Waals surface area contributed by atoms with Gasteiger partial charge in [0.15, 0.2) is 5.12 Å². The van der Waals surface area contributed by atoms with E-state index in [-0.39, 0.29) is 5.12 Å². The van der Waals surface area contributed by atoms with Crippen LogP contribution in [-0.2, 0) is 4.79 Å². The molecule has 0 spiro atoms. The van der Waals surface area contributed by atoms with Gasteiger partial charge in [0.25, 0.3) is 0 Å². The van der Waals surface area contributed by atoms with Crippen molar-refractivity contribution in [3.05, 3.63) is 35.9 Å². The van der Waals surface area contributed by atoms with Crippen molar-refractivity contribution in [3.8, 4) is 0 Å². The number of benzene rings is 1. The first-order chi connectivity index (χ1) is 7.22. The Labute approximate surface area is 94.8 Å². The zero-order valence-electron chi connectivity index (χ0n) is 8.99. The van der Waals surface area contributed by atoms with Crippen molar-refractivity contribution in [1.29, 1.82) is 0 Å². The molecule has 2 nitrogen and oxygen atoms in total. The third kappa shape index (κ3) is 4.70. The van der Waals surface area contributed by atoms with E-state index in [2.05, 4.69) is 11.4 Å². The van der Waals surface area contributed by atoms with Crippen LogP contribution in [-0.4, -0.2) is 17.9 Å². The Morgan fingerprint density at radius 1 is 1.53 bits per heavy atom. The highest BCUT2D eigenvalue weighted by atomic mass is 32.2. The molecule has 0 bridgehead atoms. The van der Waals surface area contributed by atoms with Gasteiger partial charge >= 0.3 is 0 Å². The molecule has 80 valence electrons. The number of carbonyl (C=O) groups excluding carboxylic acids is 1. The maximum Gasteiger partial charge on any atom is 0.186 e. The van der Waals surface area contributed by atoms with E-state index in [0.29, 0.717) is 0 Å². The predicted molar refractivity (Wildman–Crippen MR) is 68.2 cm³/mol. The molecule has 1 rings (SSSR count). The number of hydrogen-bond acceptors (Lipinski definition) is 3. The van der Waals surface area contributed by atoms with Crippen LogP contribution in [0.15, 0.2) is 30.3 Å². The minimum atomic E-state index is 0.156. The number of anilines is 1. The van der Waals surface area contributed by atoms with Gasteiger partial charge < -0.3 is 5.32 Å². The lowest BCUT2D eigenvalue weighted by atomic mass is 10.2. The number of thioether (sulfide) groups is 1. The lowest BCUT2D eigenvalue weighted by Crippen LogP contribution is -1.87. The largest absolute Gasteiger partial charge is 0.388 e. The number of carbonyl (C=O) groups is 1. The van der Waals surface area contributed by atoms with E-state index in [0.717, 1.165) is 17.0 Å². The van der Waals surface area contributed by atoms with Crippen molar-refractivity contribution in [2.24, 2.45) is 0 Å². The second kappa shape index (κ2) is 6.30. The second-order valence-corrected chi connectivity index (χ2v) is 4.28. The molecule has 0 aliphatic carbocycles. The molecule has 15 heavy (non-hydrogen) atoms. The van der Waals surface area contributed by atoms with E-state index in [9.17, 15) is 4.79 Å². The molecule has 0 heterocycles. The first-order valence-corrected chi connectivity index (χ1v) is 5.78. The zero-order valence-corrected chi connectivity index (χ0v) is 9.80. The maximum absolute atomic E-state index is 10.7. The molecule has 1 aromatic carbocycles. The molecule has 0 unspecified atom stereocenters. The Kier molecular flexibility index (Phi) is 4.98. The Bertz CT molecular complexity index is 360. The zero-order chi connectivity index (χ0) is 11.1. The van der Waals surface area contributed by atoms with Crippen LogP contribution in [0.4, 0.5) is 5.69 Å². The van der Waals surface area contributed by atoms with Gasteiger partial charge in [0.05, 0.1) is 0 Å². The standard InChI is InChI=1S/C12H15NOS/c1-10(14)15-8-4-6-11-5-3-7-12(9-11)13-2/h3-7,9,13H,8H2,1-2H3. The molecule has 0 aliphatic rings. The fourth-order valence-electron chi connectivity index (χ4n) is 1.15. The number of rotatable bonds is 4. The summed E-state index contributed by atoms with van der Waals surface area (Å²) in [6.45, 7) is 1.58. The van der Waals surface area contributed by atoms with Crippen molar-refractivity contribution >= 4 is 28.6 Å². The minimum Gasteiger partial charge on any atom is -0.388 e. The van der Waals surface area contributed by atoms with Gasteiger partial charge in [-0.05, 0) is 17.7 Å². The van der Waals surface area contributed by atoms with Crippen LogP contribution in [0, 0.1) is 0 Å². The third-order valence-electron chi connectivity index (χ3n) is 1.87. The monoisotopic (exact) mass is 221 g/mol. The summed E-state index contributed by atoms with van der Waals surface area (Å²) in [5.74, 6) is 0.735. The van der Waals surface area contributed by atoms with Gasteiger partial charge in [-0.2, -0.15) is 0 Å². The highest BCUT2D eigenvalue weighted by Crippen LogP contribution is 2.11. The minimum absolute atomic E-state index is 0.156. The van der Waals surface area contributed by atoms with Crippen molar-refractivity contribution in [1.82, 2.24) is 0 Å². The van der Waals surface area contributed by atoms with Crippen LogP contribution in [0.1, 0.15) is 12.5 Å². The topological polar surface area (TPSA) is 29.1 Å². The van der Waals surface area contributed by atoms with E-state index in [1.54, 1.807) is 6.92 Å². The average Bonchev–Trinajstić information content (AvgIpc) is 2.24. The molecule has 1 aromatic rings. The first kappa shape index (κ1) is 11.9. The summed E-state index contributed by atoms with van der Waals surface area (Å²) in [4.78, 5) is 10.7. The van der Waals surface area contributed by atoms with E-state index < -0.39 is 0 Å². The van der Waals surface area contributed by atoms with Crippen molar-refractivity contribution in [2.45, 2.75) is 6.92 Å². The van der Waals surface area contributed by atoms with Crippen LogP contribution < -0.4 is 5.32 Å². The molecular weight excluding hydrogens is 206 g/mol. The Hall–Kier alpha value is -1.22. The van der Waals surface area contributed by atoms with Gasteiger partial charge in [-0.1, -0.05) is 36.0 Å². The van der Waals surface area contributed by atoms with Crippen molar-refractivity contribution in [3.63, 3.8) is 0 Å². The fraction of sp³-hybridized carbons (Fsp3) is 0.250. The number of hydrogen-bond donors (Lipinski definition) is 1. The Balaban J connectivity index is 2.52. The Morgan fingerprint density at radius 2 is 2.33 bits per heavy atom. The summed E-state index contributed by atoms with van der Waals surface area (Å²) in [6, 6.07) is 8.12. The van der Waals surface area contributed by atoms with Gasteiger partial charge in [-0.25, -0.2) is 0 Å². The van der Waals surface area contributed by atoms with Gasteiger partial charge in [0, 0.05) is 25.4 Å². The van der Waals surface area contributed by atoms with Crippen LogP contribution >= 0.6 is 11.8 Å². The van der Waals surface area contributed by atoms with E-state index in [1.807, 2.05) is 37.4 Å². The third-order valence-corrected chi connectivity index (χ3v) is 2.63. The van der Waals surface area contributed by atoms with Gasteiger partial charge in [-0.15, -0.1) is 0 Å². The second-order valence-electron chi connectivity index (χ2n) is 3.08. The smallest absolute Gasteiger partial charge is 0.186 e. The van der Waals surface area contributed by atoms with Crippen molar-refractivity contribution < 1.29 is 4.79 Å². The molecule has 1 N–H and O–H groups in total. The molecule has 0 aliphatic heterocycles. The molecule has 0 aromatic heterocycles. The van der Waals surface area contributed by atoms with Gasteiger partial charge in [0.2, 0.25) is 0 Å². The first-order valence-electron chi connectivity index (χ1n) is 4.80. The molecule has 0 radical (unpaired) electrons. The van der Waals surface area contributed by atoms with E-state index >= 15 is 0 Å². The summed E-state index contributed by atoms with van der Waals surface area (Å²) in [6.07, 6.45) is 4.03.